The van der Waals surface area contributed by atoms with Crippen LogP contribution in [-0.4, -0.2) is 17.5 Å². The van der Waals surface area contributed by atoms with Crippen molar-refractivity contribution in [2.45, 2.75) is 0 Å². The van der Waals surface area contributed by atoms with Crippen molar-refractivity contribution in [3.63, 3.8) is 0 Å². The SMILES string of the molecule is N#CCOc1ccccc1NC(=O)c1ccc(C#N)cn1. The number of anilines is 1. The highest BCUT2D eigenvalue weighted by Crippen LogP contribution is 2.24. The Morgan fingerprint density at radius 3 is 2.71 bits per heavy atom. The van der Waals surface area contributed by atoms with Gasteiger partial charge in [0.15, 0.2) is 6.61 Å². The lowest BCUT2D eigenvalue weighted by molar-refractivity contribution is 0.102. The molecule has 1 heterocycles. The van der Waals surface area contributed by atoms with E-state index in [4.69, 9.17) is 15.3 Å². The number of amides is 1. The molecule has 0 saturated heterocycles. The zero-order valence-corrected chi connectivity index (χ0v) is 10.9. The number of para-hydroxylation sites is 2. The maximum Gasteiger partial charge on any atom is 0.274 e. The maximum atomic E-state index is 12.1. The van der Waals surface area contributed by atoms with E-state index in [0.717, 1.165) is 0 Å². The molecule has 0 atom stereocenters. The lowest BCUT2D eigenvalue weighted by Gasteiger charge is -2.10. The number of hydrogen-bond acceptors (Lipinski definition) is 5. The maximum absolute atomic E-state index is 12.1. The predicted molar refractivity (Wildman–Crippen MR) is 74.5 cm³/mol. The van der Waals surface area contributed by atoms with Gasteiger partial charge in [0.2, 0.25) is 0 Å². The summed E-state index contributed by atoms with van der Waals surface area (Å²) < 4.78 is 5.22. The molecule has 102 valence electrons. The fourth-order valence-electron chi connectivity index (χ4n) is 1.59. The zero-order chi connectivity index (χ0) is 15.1. The van der Waals surface area contributed by atoms with Crippen molar-refractivity contribution in [1.29, 1.82) is 10.5 Å². The molecule has 0 bridgehead atoms. The first kappa shape index (κ1) is 14.0. The molecule has 0 aliphatic carbocycles. The molecular weight excluding hydrogens is 268 g/mol. The van der Waals surface area contributed by atoms with Crippen LogP contribution in [-0.2, 0) is 0 Å². The number of ether oxygens (including phenoxy) is 1. The fourth-order valence-corrected chi connectivity index (χ4v) is 1.59. The number of hydrogen-bond donors (Lipinski definition) is 1. The molecule has 0 unspecified atom stereocenters. The van der Waals surface area contributed by atoms with Crippen molar-refractivity contribution in [1.82, 2.24) is 4.98 Å². The fraction of sp³-hybridized carbons (Fsp3) is 0.0667. The number of benzene rings is 1. The first-order valence-electron chi connectivity index (χ1n) is 6.01. The summed E-state index contributed by atoms with van der Waals surface area (Å²) in [7, 11) is 0. The molecule has 2 rings (SSSR count). The van der Waals surface area contributed by atoms with Crippen LogP contribution in [0.15, 0.2) is 42.6 Å². The van der Waals surface area contributed by atoms with E-state index in [9.17, 15) is 4.79 Å². The van der Waals surface area contributed by atoms with Gasteiger partial charge in [-0.2, -0.15) is 10.5 Å². The van der Waals surface area contributed by atoms with Crippen LogP contribution < -0.4 is 10.1 Å². The molecule has 21 heavy (non-hydrogen) atoms. The van der Waals surface area contributed by atoms with Crippen LogP contribution in [0.5, 0.6) is 5.75 Å². The van der Waals surface area contributed by atoms with E-state index in [0.29, 0.717) is 17.0 Å². The van der Waals surface area contributed by atoms with Gasteiger partial charge in [-0.3, -0.25) is 4.79 Å². The first-order valence-corrected chi connectivity index (χ1v) is 6.01. The molecule has 0 aliphatic rings. The smallest absolute Gasteiger partial charge is 0.274 e. The summed E-state index contributed by atoms with van der Waals surface area (Å²) in [5, 5.41) is 19.9. The standard InChI is InChI=1S/C15H10N4O2/c16-7-8-21-14-4-2-1-3-12(14)19-15(20)13-6-5-11(9-17)10-18-13/h1-6,10H,8H2,(H,19,20). The number of nitriles is 2. The molecule has 6 heteroatoms. The highest BCUT2D eigenvalue weighted by molar-refractivity contribution is 6.03. The van der Waals surface area contributed by atoms with Crippen LogP contribution in [0.4, 0.5) is 5.69 Å². The van der Waals surface area contributed by atoms with E-state index >= 15 is 0 Å². The molecule has 1 aromatic carbocycles. The number of carbonyl (C=O) groups is 1. The second-order valence-electron chi connectivity index (χ2n) is 3.94. The van der Waals surface area contributed by atoms with E-state index < -0.39 is 5.91 Å². The van der Waals surface area contributed by atoms with Crippen molar-refractivity contribution < 1.29 is 9.53 Å². The quantitative estimate of drug-likeness (QED) is 0.923. The Kier molecular flexibility index (Phi) is 4.47. The highest BCUT2D eigenvalue weighted by Gasteiger charge is 2.10. The van der Waals surface area contributed by atoms with Gasteiger partial charge in [0.05, 0.1) is 11.3 Å². The Morgan fingerprint density at radius 1 is 1.24 bits per heavy atom. The van der Waals surface area contributed by atoms with E-state index in [1.54, 1.807) is 24.3 Å². The summed E-state index contributed by atoms with van der Waals surface area (Å²) in [6, 6.07) is 13.6. The molecule has 1 amide bonds. The van der Waals surface area contributed by atoms with Gasteiger partial charge < -0.3 is 10.1 Å². The molecular formula is C15H10N4O2. The first-order chi connectivity index (χ1) is 10.2. The Morgan fingerprint density at radius 2 is 2.05 bits per heavy atom. The molecule has 0 aliphatic heterocycles. The van der Waals surface area contributed by atoms with Gasteiger partial charge in [-0.1, -0.05) is 12.1 Å². The van der Waals surface area contributed by atoms with E-state index in [1.807, 2.05) is 12.1 Å². The topological polar surface area (TPSA) is 98.8 Å². The normalized spacial score (nSPS) is 9.24. The van der Waals surface area contributed by atoms with Gasteiger partial charge in [-0.15, -0.1) is 0 Å². The second kappa shape index (κ2) is 6.69. The summed E-state index contributed by atoms with van der Waals surface area (Å²) in [4.78, 5) is 16.0. The van der Waals surface area contributed by atoms with Gasteiger partial charge >= 0.3 is 0 Å². The van der Waals surface area contributed by atoms with Crippen LogP contribution in [0.25, 0.3) is 0 Å². The third-order valence-corrected chi connectivity index (χ3v) is 2.55. The molecule has 1 aromatic heterocycles. The summed E-state index contributed by atoms with van der Waals surface area (Å²) in [6.45, 7) is -0.109. The van der Waals surface area contributed by atoms with E-state index in [1.165, 1.54) is 18.3 Å². The number of pyridine rings is 1. The lowest BCUT2D eigenvalue weighted by Crippen LogP contribution is -2.14. The van der Waals surface area contributed by atoms with Crippen molar-refractivity contribution >= 4 is 11.6 Å². The van der Waals surface area contributed by atoms with Gasteiger partial charge in [-0.25, -0.2) is 4.98 Å². The Balaban J connectivity index is 2.15. The number of carbonyl (C=O) groups excluding carboxylic acids is 1. The molecule has 6 nitrogen and oxygen atoms in total. The Hall–Kier alpha value is -3.38. The average Bonchev–Trinajstić information content (AvgIpc) is 2.54. The van der Waals surface area contributed by atoms with Crippen molar-refractivity contribution in [3.8, 4) is 17.9 Å². The van der Waals surface area contributed by atoms with Crippen molar-refractivity contribution in [2.24, 2.45) is 0 Å². The predicted octanol–water partition coefficient (Wildman–Crippen LogP) is 2.11. The van der Waals surface area contributed by atoms with Gasteiger partial charge in [0.25, 0.3) is 5.91 Å². The minimum atomic E-state index is -0.424. The summed E-state index contributed by atoms with van der Waals surface area (Å²) in [6.07, 6.45) is 1.33. The molecule has 1 N–H and O–H groups in total. The minimum absolute atomic E-state index is 0.109. The number of nitrogens with zero attached hydrogens (tertiary/aromatic N) is 3. The third kappa shape index (κ3) is 3.55. The van der Waals surface area contributed by atoms with Crippen molar-refractivity contribution in [3.05, 3.63) is 53.9 Å². The van der Waals surface area contributed by atoms with E-state index in [-0.39, 0.29) is 12.3 Å². The third-order valence-electron chi connectivity index (χ3n) is 2.55. The van der Waals surface area contributed by atoms with Gasteiger partial charge in [-0.05, 0) is 24.3 Å². The lowest BCUT2D eigenvalue weighted by atomic mass is 10.2. The summed E-state index contributed by atoms with van der Waals surface area (Å²) >= 11 is 0. The number of nitrogens with one attached hydrogen (secondary N) is 1. The zero-order valence-electron chi connectivity index (χ0n) is 10.9. The van der Waals surface area contributed by atoms with Crippen LogP contribution >= 0.6 is 0 Å². The Bertz CT molecular complexity index is 727. The van der Waals surface area contributed by atoms with Crippen LogP contribution in [0, 0.1) is 22.7 Å². The average molecular weight is 278 g/mol. The monoisotopic (exact) mass is 278 g/mol. The van der Waals surface area contributed by atoms with Crippen molar-refractivity contribution in [2.75, 3.05) is 11.9 Å². The Labute approximate surface area is 121 Å². The van der Waals surface area contributed by atoms with Crippen LogP contribution in [0.1, 0.15) is 16.1 Å². The molecule has 0 spiro atoms. The summed E-state index contributed by atoms with van der Waals surface area (Å²) in [5.41, 5.74) is 1.01. The number of aromatic nitrogens is 1. The van der Waals surface area contributed by atoms with E-state index in [2.05, 4.69) is 10.3 Å². The van der Waals surface area contributed by atoms with Gasteiger partial charge in [0, 0.05) is 6.20 Å². The van der Waals surface area contributed by atoms with Crippen LogP contribution in [0.3, 0.4) is 0 Å². The minimum Gasteiger partial charge on any atom is -0.477 e. The van der Waals surface area contributed by atoms with Crippen LogP contribution in [0.2, 0.25) is 0 Å². The van der Waals surface area contributed by atoms with Gasteiger partial charge in [0.1, 0.15) is 23.6 Å². The summed E-state index contributed by atoms with van der Waals surface area (Å²) in [5.74, 6) is -0.0199. The number of rotatable bonds is 4. The molecule has 2 aromatic rings. The largest absolute Gasteiger partial charge is 0.477 e. The second-order valence-corrected chi connectivity index (χ2v) is 3.94. The molecule has 0 fully saturated rings. The highest BCUT2D eigenvalue weighted by atomic mass is 16.5. The molecule has 0 radical (unpaired) electrons. The molecule has 0 saturated carbocycles.